The molecule has 0 fully saturated rings. The zero-order valence-electron chi connectivity index (χ0n) is 17.0. The molecule has 1 aromatic heterocycles. The van der Waals surface area contributed by atoms with E-state index >= 15 is 0 Å². The number of benzene rings is 2. The summed E-state index contributed by atoms with van der Waals surface area (Å²) in [6, 6.07) is 16.7. The van der Waals surface area contributed by atoms with Gasteiger partial charge in [-0.05, 0) is 42.3 Å². The largest absolute Gasteiger partial charge is 0.493 e. The summed E-state index contributed by atoms with van der Waals surface area (Å²) in [6.07, 6.45) is 0.580. The van der Waals surface area contributed by atoms with E-state index in [1.165, 1.54) is 6.07 Å². The molecule has 3 rings (SSSR count). The van der Waals surface area contributed by atoms with Crippen LogP contribution in [0, 0.1) is 0 Å². The lowest BCUT2D eigenvalue weighted by molar-refractivity contribution is 0.0951. The molecule has 2 aromatic carbocycles. The number of nitrogens with zero attached hydrogens (tertiary/aromatic N) is 1. The summed E-state index contributed by atoms with van der Waals surface area (Å²) in [6.45, 7) is 3.31. The molecule has 1 heterocycles. The number of hydroxylamine groups is 1. The lowest BCUT2D eigenvalue weighted by atomic mass is 10.0. The molecule has 0 saturated carbocycles. The van der Waals surface area contributed by atoms with E-state index in [2.05, 4.69) is 10.5 Å². The van der Waals surface area contributed by atoms with Crippen LogP contribution in [-0.4, -0.2) is 41.0 Å². The molecule has 0 bridgehead atoms. The van der Waals surface area contributed by atoms with E-state index < -0.39 is 0 Å². The van der Waals surface area contributed by atoms with Gasteiger partial charge >= 0.3 is 0 Å². The van der Waals surface area contributed by atoms with Gasteiger partial charge in [0.1, 0.15) is 5.75 Å². The van der Waals surface area contributed by atoms with Gasteiger partial charge in [0.25, 0.3) is 11.8 Å². The molecule has 0 aliphatic heterocycles. The van der Waals surface area contributed by atoms with E-state index in [-0.39, 0.29) is 22.5 Å². The highest BCUT2D eigenvalue weighted by Crippen LogP contribution is 2.29. The second kappa shape index (κ2) is 11.1. The molecule has 0 spiro atoms. The number of hydrogen-bond donors (Lipinski definition) is 3. The molecule has 0 aliphatic carbocycles. The van der Waals surface area contributed by atoms with Crippen LogP contribution >= 0.6 is 12.2 Å². The third-order valence-corrected chi connectivity index (χ3v) is 4.61. The fourth-order valence-electron chi connectivity index (χ4n) is 2.83. The Bertz CT molecular complexity index is 1020. The Morgan fingerprint density at radius 1 is 1.16 bits per heavy atom. The Hall–Kier alpha value is -3.43. The monoisotopic (exact) mass is 441 g/mol. The van der Waals surface area contributed by atoms with Crippen molar-refractivity contribution >= 4 is 23.1 Å². The van der Waals surface area contributed by atoms with Gasteiger partial charge < -0.3 is 19.3 Å². The van der Waals surface area contributed by atoms with Crippen molar-refractivity contribution in [2.45, 2.75) is 13.3 Å². The van der Waals surface area contributed by atoms with Gasteiger partial charge in [0, 0.05) is 17.7 Å². The van der Waals surface area contributed by atoms with Crippen molar-refractivity contribution in [1.29, 1.82) is 0 Å². The van der Waals surface area contributed by atoms with E-state index in [1.807, 2.05) is 48.8 Å². The minimum atomic E-state index is -0.160. The number of carbonyl (C=O) groups excluding carboxylic acids is 1. The molecule has 31 heavy (non-hydrogen) atoms. The lowest BCUT2D eigenvalue weighted by Gasteiger charge is -2.11. The highest BCUT2D eigenvalue weighted by molar-refractivity contribution is 7.80. The number of thiocarbonyl (C=S) groups is 1. The summed E-state index contributed by atoms with van der Waals surface area (Å²) >= 11 is 4.81. The molecule has 9 heteroatoms. The van der Waals surface area contributed by atoms with Crippen molar-refractivity contribution in [3.8, 4) is 22.8 Å². The number of hydrogen-bond acceptors (Lipinski definition) is 7. The third kappa shape index (κ3) is 6.03. The molecule has 1 amide bonds. The van der Waals surface area contributed by atoms with Crippen LogP contribution < -0.4 is 20.3 Å². The van der Waals surface area contributed by atoms with Crippen LogP contribution in [0.4, 0.5) is 0 Å². The molecule has 0 saturated heterocycles. The number of nitrogens with one attached hydrogen (secondary N) is 2. The molecular formula is C22H23N3O5S. The second-order valence-corrected chi connectivity index (χ2v) is 6.84. The summed E-state index contributed by atoms with van der Waals surface area (Å²) in [7, 11) is 0. The highest BCUT2D eigenvalue weighted by atomic mass is 32.1. The highest BCUT2D eigenvalue weighted by Gasteiger charge is 2.10. The van der Waals surface area contributed by atoms with Crippen molar-refractivity contribution in [2.24, 2.45) is 0 Å². The van der Waals surface area contributed by atoms with E-state index in [1.54, 1.807) is 12.1 Å². The summed E-state index contributed by atoms with van der Waals surface area (Å²) in [5.41, 5.74) is 4.35. The van der Waals surface area contributed by atoms with Crippen molar-refractivity contribution < 1.29 is 24.0 Å². The molecular weight excluding hydrogens is 418 g/mol. The lowest BCUT2D eigenvalue weighted by Crippen LogP contribution is -2.25. The molecule has 162 valence electrons. The van der Waals surface area contributed by atoms with E-state index in [9.17, 15) is 4.79 Å². The quantitative estimate of drug-likeness (QED) is 0.249. The normalized spacial score (nSPS) is 10.4. The smallest absolute Gasteiger partial charge is 0.254 e. The van der Waals surface area contributed by atoms with Gasteiger partial charge in [0.15, 0.2) is 10.7 Å². The Morgan fingerprint density at radius 2 is 1.94 bits per heavy atom. The zero-order chi connectivity index (χ0) is 22.1. The minimum Gasteiger partial charge on any atom is -0.493 e. The first-order valence-electron chi connectivity index (χ1n) is 9.76. The summed E-state index contributed by atoms with van der Waals surface area (Å²) in [5.74, 6) is 1.11. The number of rotatable bonds is 10. The SMILES string of the molecule is CCOc1ccccc1-c1ccc(C(=O)NCCCOc2cc(C(=S)NO)on2)cc1. The van der Waals surface area contributed by atoms with Gasteiger partial charge in [-0.3, -0.25) is 15.5 Å². The average Bonchev–Trinajstić information content (AvgIpc) is 3.28. The van der Waals surface area contributed by atoms with Crippen LogP contribution in [-0.2, 0) is 0 Å². The average molecular weight is 442 g/mol. The molecule has 3 N–H and O–H groups in total. The standard InChI is InChI=1S/C22H23N3O5S/c1-2-28-18-7-4-3-6-17(18)15-8-10-16(11-9-15)21(26)23-12-5-13-29-20-14-19(30-25-20)22(31)24-27/h3-4,6-11,14,27H,2,5,12-13H2,1H3,(H,23,26)(H,24,31). The Morgan fingerprint density at radius 3 is 2.68 bits per heavy atom. The van der Waals surface area contributed by atoms with Gasteiger partial charge in [-0.2, -0.15) is 0 Å². The number of amides is 1. The number of ether oxygens (including phenoxy) is 2. The number of para-hydroxylation sites is 1. The molecule has 3 aromatic rings. The predicted molar refractivity (Wildman–Crippen MR) is 119 cm³/mol. The van der Waals surface area contributed by atoms with Crippen LogP contribution in [0.15, 0.2) is 59.1 Å². The summed E-state index contributed by atoms with van der Waals surface area (Å²) < 4.78 is 16.0. The Labute approximate surface area is 185 Å². The Balaban J connectivity index is 1.46. The third-order valence-electron chi connectivity index (χ3n) is 4.32. The van der Waals surface area contributed by atoms with Crippen molar-refractivity contribution in [3.05, 3.63) is 65.9 Å². The fourth-order valence-corrected chi connectivity index (χ4v) is 2.93. The van der Waals surface area contributed by atoms with Crippen molar-refractivity contribution in [1.82, 2.24) is 16.0 Å². The second-order valence-electron chi connectivity index (χ2n) is 6.43. The zero-order valence-corrected chi connectivity index (χ0v) is 17.8. The molecule has 0 atom stereocenters. The van der Waals surface area contributed by atoms with Crippen molar-refractivity contribution in [3.63, 3.8) is 0 Å². The Kier molecular flexibility index (Phi) is 7.97. The van der Waals surface area contributed by atoms with Crippen LogP contribution in [0.5, 0.6) is 11.6 Å². The number of carbonyl (C=O) groups is 1. The first-order chi connectivity index (χ1) is 15.1. The first kappa shape index (κ1) is 22.3. The van der Waals surface area contributed by atoms with Gasteiger partial charge in [0.2, 0.25) is 0 Å². The van der Waals surface area contributed by atoms with Gasteiger partial charge in [0.05, 0.1) is 19.3 Å². The van der Waals surface area contributed by atoms with Crippen LogP contribution in [0.2, 0.25) is 0 Å². The van der Waals surface area contributed by atoms with Crippen LogP contribution in [0.1, 0.15) is 29.5 Å². The van der Waals surface area contributed by atoms with Gasteiger partial charge in [-0.25, -0.2) is 0 Å². The van der Waals surface area contributed by atoms with E-state index in [0.717, 1.165) is 16.9 Å². The van der Waals surface area contributed by atoms with Crippen molar-refractivity contribution in [2.75, 3.05) is 19.8 Å². The van der Waals surface area contributed by atoms with E-state index in [0.29, 0.717) is 31.7 Å². The summed E-state index contributed by atoms with van der Waals surface area (Å²) in [4.78, 5) is 12.4. The van der Waals surface area contributed by atoms with Gasteiger partial charge in [-0.15, -0.1) is 0 Å². The number of aromatic nitrogens is 1. The van der Waals surface area contributed by atoms with Crippen LogP contribution in [0.3, 0.4) is 0 Å². The van der Waals surface area contributed by atoms with Gasteiger partial charge in [-0.1, -0.05) is 42.5 Å². The first-order valence-corrected chi connectivity index (χ1v) is 10.2. The maximum absolute atomic E-state index is 12.4. The van der Waals surface area contributed by atoms with Crippen LogP contribution in [0.25, 0.3) is 11.1 Å². The predicted octanol–water partition coefficient (Wildman–Crippen LogP) is 3.59. The molecule has 0 aliphatic rings. The maximum atomic E-state index is 12.4. The minimum absolute atomic E-state index is 0.0157. The topological polar surface area (TPSA) is 106 Å². The maximum Gasteiger partial charge on any atom is 0.254 e. The molecule has 0 unspecified atom stereocenters. The fraction of sp³-hybridized carbons (Fsp3) is 0.227. The molecule has 8 nitrogen and oxygen atoms in total. The molecule has 0 radical (unpaired) electrons. The van der Waals surface area contributed by atoms with E-state index in [4.69, 9.17) is 31.4 Å². The summed E-state index contributed by atoms with van der Waals surface area (Å²) in [5, 5.41) is 15.3.